The molecule has 0 radical (unpaired) electrons. The summed E-state index contributed by atoms with van der Waals surface area (Å²) in [4.78, 5) is 59.8. The van der Waals surface area contributed by atoms with E-state index in [0.29, 0.717) is 0 Å². The first-order valence-electron chi connectivity index (χ1n) is 6.73. The van der Waals surface area contributed by atoms with E-state index in [4.69, 9.17) is 0 Å². The molecule has 0 unspecified atom stereocenters. The Balaban J connectivity index is 2.24. The van der Waals surface area contributed by atoms with Gasteiger partial charge >= 0.3 is 11.4 Å². The van der Waals surface area contributed by atoms with Crippen LogP contribution in [0.5, 0.6) is 0 Å². The molecule has 12 heteroatoms. The molecule has 4 aromatic rings. The van der Waals surface area contributed by atoms with Crippen LogP contribution < -0.4 is 22.5 Å². The van der Waals surface area contributed by atoms with Gasteiger partial charge in [0.2, 0.25) is 0 Å². The molecule has 0 fully saturated rings. The Morgan fingerprint density at radius 2 is 1.12 bits per heavy atom. The molecule has 0 saturated heterocycles. The maximum absolute atomic E-state index is 11.9. The van der Waals surface area contributed by atoms with Crippen LogP contribution >= 0.6 is 0 Å². The Kier molecular flexibility index (Phi) is 2.56. The summed E-state index contributed by atoms with van der Waals surface area (Å²) in [7, 11) is 2.92. The highest BCUT2D eigenvalue weighted by molar-refractivity contribution is 5.73. The molecule has 12 nitrogen and oxygen atoms in total. The van der Waals surface area contributed by atoms with E-state index in [2.05, 4.69) is 19.9 Å². The largest absolute Gasteiger partial charge is 0.329 e. The predicted octanol–water partition coefficient (Wildman–Crippen LogP) is -2.53. The summed E-state index contributed by atoms with van der Waals surface area (Å²) < 4.78 is 5.11. The first-order valence-corrected chi connectivity index (χ1v) is 6.73. The van der Waals surface area contributed by atoms with Gasteiger partial charge in [0.25, 0.3) is 11.1 Å². The molecule has 0 aliphatic rings. The van der Waals surface area contributed by atoms with Gasteiger partial charge in [0.1, 0.15) is 12.7 Å². The van der Waals surface area contributed by atoms with Crippen molar-refractivity contribution in [3.8, 4) is 0 Å². The van der Waals surface area contributed by atoms with Crippen LogP contribution in [0.15, 0.2) is 31.8 Å². The van der Waals surface area contributed by atoms with Gasteiger partial charge in [-0.25, -0.2) is 28.9 Å². The summed E-state index contributed by atoms with van der Waals surface area (Å²) in [5, 5.41) is 0. The van der Waals surface area contributed by atoms with Gasteiger partial charge in [-0.05, 0) is 0 Å². The molecule has 0 amide bonds. The molecular formula is C12H10N8O4. The Hall–Kier alpha value is -3.70. The summed E-state index contributed by atoms with van der Waals surface area (Å²) in [5.74, 6) is 0. The Bertz CT molecular complexity index is 1250. The van der Waals surface area contributed by atoms with Crippen molar-refractivity contribution in [3.05, 3.63) is 54.3 Å². The third-order valence-corrected chi connectivity index (χ3v) is 3.80. The standard InChI is InChI=1S/C12H10N8O4/c1-17-9-5(7(21)15-11(17)23)13-3-19(9)20-4-14-6-8(22)16-12(24)18(2)10(6)20/h3-4H,1-2H3,(H,15,21,23)(H,16,22,24). The van der Waals surface area contributed by atoms with Crippen molar-refractivity contribution >= 4 is 22.3 Å². The summed E-state index contributed by atoms with van der Waals surface area (Å²) in [5.41, 5.74) is -2.06. The molecule has 2 N–H and O–H groups in total. The van der Waals surface area contributed by atoms with Crippen molar-refractivity contribution in [2.24, 2.45) is 14.1 Å². The van der Waals surface area contributed by atoms with Crippen LogP contribution in [0.4, 0.5) is 0 Å². The lowest BCUT2D eigenvalue weighted by Crippen LogP contribution is -2.31. The number of rotatable bonds is 1. The number of imidazole rings is 2. The summed E-state index contributed by atoms with van der Waals surface area (Å²) in [6, 6.07) is 0. The minimum Gasteiger partial charge on any atom is -0.279 e. The predicted molar refractivity (Wildman–Crippen MR) is 82.0 cm³/mol. The molecule has 0 saturated carbocycles. The molecule has 0 aromatic carbocycles. The maximum Gasteiger partial charge on any atom is 0.329 e. The van der Waals surface area contributed by atoms with Crippen LogP contribution in [0.1, 0.15) is 0 Å². The molecule has 4 rings (SSSR count). The zero-order valence-corrected chi connectivity index (χ0v) is 12.5. The lowest BCUT2D eigenvalue weighted by molar-refractivity contribution is 0.647. The van der Waals surface area contributed by atoms with Crippen LogP contribution in [0.2, 0.25) is 0 Å². The number of nitrogens with zero attached hydrogens (tertiary/aromatic N) is 6. The summed E-state index contributed by atoms with van der Waals surface area (Å²) >= 11 is 0. The molecule has 0 aliphatic heterocycles. The number of aromatic nitrogens is 8. The van der Waals surface area contributed by atoms with Gasteiger partial charge in [-0.3, -0.25) is 28.7 Å². The number of nitrogens with one attached hydrogen (secondary N) is 2. The molecule has 0 bridgehead atoms. The molecule has 0 aliphatic carbocycles. The molecule has 24 heavy (non-hydrogen) atoms. The van der Waals surface area contributed by atoms with Crippen molar-refractivity contribution < 1.29 is 0 Å². The van der Waals surface area contributed by atoms with Crippen LogP contribution in [-0.4, -0.2) is 38.4 Å². The number of aryl methyl sites for hydroxylation is 2. The first-order chi connectivity index (χ1) is 11.4. The van der Waals surface area contributed by atoms with Crippen molar-refractivity contribution in [2.45, 2.75) is 0 Å². The van der Waals surface area contributed by atoms with E-state index < -0.39 is 22.5 Å². The van der Waals surface area contributed by atoms with Gasteiger partial charge in [0, 0.05) is 14.1 Å². The molecule has 122 valence electrons. The van der Waals surface area contributed by atoms with Crippen LogP contribution in [0, 0.1) is 0 Å². The second kappa shape index (κ2) is 4.41. The van der Waals surface area contributed by atoms with Crippen LogP contribution in [0.25, 0.3) is 22.3 Å². The number of hydrogen-bond donors (Lipinski definition) is 2. The van der Waals surface area contributed by atoms with Crippen molar-refractivity contribution in [2.75, 3.05) is 0 Å². The number of hydrogen-bond acceptors (Lipinski definition) is 6. The highest BCUT2D eigenvalue weighted by Gasteiger charge is 2.17. The Morgan fingerprint density at radius 3 is 1.50 bits per heavy atom. The molecular weight excluding hydrogens is 320 g/mol. The van der Waals surface area contributed by atoms with E-state index >= 15 is 0 Å². The third-order valence-electron chi connectivity index (χ3n) is 3.80. The monoisotopic (exact) mass is 330 g/mol. The number of H-pyrrole nitrogens is 2. The van der Waals surface area contributed by atoms with Gasteiger partial charge in [0.15, 0.2) is 22.3 Å². The lowest BCUT2D eigenvalue weighted by Gasteiger charge is -2.10. The second-order valence-electron chi connectivity index (χ2n) is 5.16. The Labute approximate surface area is 130 Å². The van der Waals surface area contributed by atoms with Gasteiger partial charge in [-0.15, -0.1) is 0 Å². The van der Waals surface area contributed by atoms with Gasteiger partial charge in [-0.2, -0.15) is 0 Å². The highest BCUT2D eigenvalue weighted by Crippen LogP contribution is 2.11. The number of fused-ring (bicyclic) bond motifs is 2. The molecule has 0 spiro atoms. The van der Waals surface area contributed by atoms with Crippen LogP contribution in [-0.2, 0) is 14.1 Å². The van der Waals surface area contributed by atoms with E-state index in [1.807, 2.05) is 0 Å². The molecule has 4 aromatic heterocycles. The summed E-state index contributed by atoms with van der Waals surface area (Å²) in [6.45, 7) is 0. The fraction of sp³-hybridized carbons (Fsp3) is 0.167. The maximum atomic E-state index is 11.9. The highest BCUT2D eigenvalue weighted by atomic mass is 16.2. The zero-order chi connectivity index (χ0) is 17.2. The normalized spacial score (nSPS) is 11.6. The quantitative estimate of drug-likeness (QED) is 0.393. The topological polar surface area (TPSA) is 145 Å². The average molecular weight is 330 g/mol. The Morgan fingerprint density at radius 1 is 0.750 bits per heavy atom. The van der Waals surface area contributed by atoms with Crippen molar-refractivity contribution in [1.82, 2.24) is 38.4 Å². The molecule has 4 heterocycles. The minimum atomic E-state index is -0.636. The average Bonchev–Trinajstić information content (AvgIpc) is 3.14. The van der Waals surface area contributed by atoms with E-state index in [9.17, 15) is 19.2 Å². The van der Waals surface area contributed by atoms with Crippen molar-refractivity contribution in [3.63, 3.8) is 0 Å². The fourth-order valence-electron chi connectivity index (χ4n) is 2.60. The lowest BCUT2D eigenvalue weighted by atomic mass is 10.5. The third kappa shape index (κ3) is 1.61. The fourth-order valence-corrected chi connectivity index (χ4v) is 2.60. The number of aromatic amines is 2. The SMILES string of the molecule is Cn1c(=O)[nH]c(=O)c2ncn(-n3cnc4c(=O)[nH]c(=O)n(C)c43)c21. The molecule has 0 atom stereocenters. The van der Waals surface area contributed by atoms with Crippen LogP contribution in [0.3, 0.4) is 0 Å². The zero-order valence-electron chi connectivity index (χ0n) is 12.5. The van der Waals surface area contributed by atoms with E-state index in [0.717, 1.165) is 0 Å². The van der Waals surface area contributed by atoms with Gasteiger partial charge in [-0.1, -0.05) is 0 Å². The summed E-state index contributed by atoms with van der Waals surface area (Å²) in [6.07, 6.45) is 2.60. The minimum absolute atomic E-state index is 0.0359. The first kappa shape index (κ1) is 13.9. The van der Waals surface area contributed by atoms with Crippen molar-refractivity contribution in [1.29, 1.82) is 0 Å². The van der Waals surface area contributed by atoms with Gasteiger partial charge < -0.3 is 0 Å². The van der Waals surface area contributed by atoms with E-state index in [1.165, 1.54) is 45.2 Å². The van der Waals surface area contributed by atoms with E-state index in [1.54, 1.807) is 0 Å². The van der Waals surface area contributed by atoms with E-state index in [-0.39, 0.29) is 22.3 Å². The smallest absolute Gasteiger partial charge is 0.279 e. The second-order valence-corrected chi connectivity index (χ2v) is 5.16. The van der Waals surface area contributed by atoms with Gasteiger partial charge in [0.05, 0.1) is 0 Å².